The van der Waals surface area contributed by atoms with E-state index in [2.05, 4.69) is 11.2 Å². The van der Waals surface area contributed by atoms with Gasteiger partial charge < -0.3 is 10.5 Å². The Labute approximate surface area is 100 Å². The van der Waals surface area contributed by atoms with Crippen molar-refractivity contribution in [2.45, 2.75) is 31.9 Å². The van der Waals surface area contributed by atoms with Crippen LogP contribution in [-0.4, -0.2) is 22.5 Å². The standard InChI is InChI=1S/C13H17N3O/c14-13-11-5-1-2-6-12(11)16(15-13)8-7-10-4-3-9-17-10/h1-2,5-6,10H,3-4,7-9H2,(H2,14,15). The van der Waals surface area contributed by atoms with Crippen LogP contribution in [0.15, 0.2) is 24.3 Å². The Balaban J connectivity index is 1.80. The first-order chi connectivity index (χ1) is 8.34. The van der Waals surface area contributed by atoms with Crippen molar-refractivity contribution < 1.29 is 4.74 Å². The Bertz CT molecular complexity index is 514. The highest BCUT2D eigenvalue weighted by molar-refractivity contribution is 5.88. The fourth-order valence-corrected chi connectivity index (χ4v) is 2.46. The van der Waals surface area contributed by atoms with Crippen LogP contribution in [0.4, 0.5) is 5.82 Å². The summed E-state index contributed by atoms with van der Waals surface area (Å²) < 4.78 is 7.61. The Kier molecular flexibility index (Phi) is 2.73. The minimum Gasteiger partial charge on any atom is -0.382 e. The second-order valence-electron chi connectivity index (χ2n) is 4.55. The van der Waals surface area contributed by atoms with E-state index < -0.39 is 0 Å². The van der Waals surface area contributed by atoms with E-state index in [9.17, 15) is 0 Å². The highest BCUT2D eigenvalue weighted by Gasteiger charge is 2.16. The van der Waals surface area contributed by atoms with Gasteiger partial charge in [0.1, 0.15) is 0 Å². The fourth-order valence-electron chi connectivity index (χ4n) is 2.46. The van der Waals surface area contributed by atoms with Gasteiger partial charge in [-0.3, -0.25) is 4.68 Å². The minimum atomic E-state index is 0.402. The Hall–Kier alpha value is -1.55. The summed E-state index contributed by atoms with van der Waals surface area (Å²) in [6, 6.07) is 8.09. The molecule has 17 heavy (non-hydrogen) atoms. The van der Waals surface area contributed by atoms with E-state index in [-0.39, 0.29) is 0 Å². The molecule has 1 fully saturated rings. The molecule has 0 amide bonds. The number of aryl methyl sites for hydroxylation is 1. The average molecular weight is 231 g/mol. The van der Waals surface area contributed by atoms with E-state index in [0.29, 0.717) is 11.9 Å². The van der Waals surface area contributed by atoms with E-state index in [1.807, 2.05) is 22.9 Å². The van der Waals surface area contributed by atoms with E-state index in [0.717, 1.165) is 30.5 Å². The molecule has 3 rings (SSSR count). The predicted molar refractivity (Wildman–Crippen MR) is 67.7 cm³/mol. The number of benzene rings is 1. The lowest BCUT2D eigenvalue weighted by Crippen LogP contribution is -2.11. The van der Waals surface area contributed by atoms with Crippen LogP contribution in [0.3, 0.4) is 0 Å². The van der Waals surface area contributed by atoms with Gasteiger partial charge in [0, 0.05) is 18.5 Å². The third-order valence-corrected chi connectivity index (χ3v) is 3.37. The number of para-hydroxylation sites is 1. The van der Waals surface area contributed by atoms with Gasteiger partial charge in [-0.25, -0.2) is 0 Å². The van der Waals surface area contributed by atoms with E-state index in [1.54, 1.807) is 0 Å². The molecule has 4 nitrogen and oxygen atoms in total. The summed E-state index contributed by atoms with van der Waals surface area (Å²) in [7, 11) is 0. The number of nitrogens with zero attached hydrogens (tertiary/aromatic N) is 2. The maximum Gasteiger partial charge on any atom is 0.153 e. The molecule has 1 aromatic carbocycles. The lowest BCUT2D eigenvalue weighted by atomic mass is 10.2. The minimum absolute atomic E-state index is 0.402. The van der Waals surface area contributed by atoms with Gasteiger partial charge in [0.15, 0.2) is 5.82 Å². The summed E-state index contributed by atoms with van der Waals surface area (Å²) in [5.74, 6) is 0.618. The van der Waals surface area contributed by atoms with Gasteiger partial charge in [-0.15, -0.1) is 0 Å². The molecule has 2 heterocycles. The summed E-state index contributed by atoms with van der Waals surface area (Å²) >= 11 is 0. The quantitative estimate of drug-likeness (QED) is 0.881. The predicted octanol–water partition coefficient (Wildman–Crippen LogP) is 2.19. The molecule has 2 N–H and O–H groups in total. The van der Waals surface area contributed by atoms with Gasteiger partial charge in [-0.2, -0.15) is 5.10 Å². The molecule has 0 spiro atoms. The largest absolute Gasteiger partial charge is 0.382 e. The van der Waals surface area contributed by atoms with E-state index >= 15 is 0 Å². The fraction of sp³-hybridized carbons (Fsp3) is 0.462. The molecule has 1 aliphatic rings. The van der Waals surface area contributed by atoms with Gasteiger partial charge in [0.2, 0.25) is 0 Å². The molecular formula is C13H17N3O. The maximum atomic E-state index is 5.90. The molecule has 1 saturated heterocycles. The molecule has 1 atom stereocenters. The number of fused-ring (bicyclic) bond motifs is 1. The van der Waals surface area contributed by atoms with Crippen LogP contribution in [0.25, 0.3) is 10.9 Å². The number of nitrogen functional groups attached to an aromatic ring is 1. The molecule has 90 valence electrons. The van der Waals surface area contributed by atoms with Gasteiger partial charge in [-0.05, 0) is 31.4 Å². The van der Waals surface area contributed by atoms with Gasteiger partial charge in [0.05, 0.1) is 11.6 Å². The maximum absolute atomic E-state index is 5.90. The Morgan fingerprint density at radius 3 is 3.12 bits per heavy atom. The van der Waals surface area contributed by atoms with Crippen molar-refractivity contribution in [3.63, 3.8) is 0 Å². The zero-order chi connectivity index (χ0) is 11.7. The van der Waals surface area contributed by atoms with Crippen LogP contribution in [0, 0.1) is 0 Å². The van der Waals surface area contributed by atoms with Crippen molar-refractivity contribution >= 4 is 16.7 Å². The molecule has 2 aromatic rings. The monoisotopic (exact) mass is 231 g/mol. The third-order valence-electron chi connectivity index (χ3n) is 3.37. The number of hydrogen-bond donors (Lipinski definition) is 1. The number of hydrogen-bond acceptors (Lipinski definition) is 3. The van der Waals surface area contributed by atoms with Crippen molar-refractivity contribution in [2.75, 3.05) is 12.3 Å². The van der Waals surface area contributed by atoms with Crippen LogP contribution >= 0.6 is 0 Å². The van der Waals surface area contributed by atoms with E-state index in [1.165, 1.54) is 12.8 Å². The summed E-state index contributed by atoms with van der Waals surface area (Å²) in [4.78, 5) is 0. The van der Waals surface area contributed by atoms with Gasteiger partial charge in [-0.1, -0.05) is 12.1 Å². The SMILES string of the molecule is Nc1nn(CCC2CCCO2)c2ccccc12. The number of nitrogens with two attached hydrogens (primary N) is 1. The van der Waals surface area contributed by atoms with Crippen LogP contribution in [0.1, 0.15) is 19.3 Å². The highest BCUT2D eigenvalue weighted by atomic mass is 16.5. The average Bonchev–Trinajstić information content (AvgIpc) is 2.96. The molecule has 1 aliphatic heterocycles. The molecule has 1 aromatic heterocycles. The van der Waals surface area contributed by atoms with Gasteiger partial charge in [0.25, 0.3) is 0 Å². The number of ether oxygens (including phenoxy) is 1. The number of aromatic nitrogens is 2. The van der Waals surface area contributed by atoms with Crippen molar-refractivity contribution in [2.24, 2.45) is 0 Å². The number of rotatable bonds is 3. The highest BCUT2D eigenvalue weighted by Crippen LogP contribution is 2.22. The van der Waals surface area contributed by atoms with Crippen LogP contribution in [-0.2, 0) is 11.3 Å². The molecule has 0 aliphatic carbocycles. The second kappa shape index (κ2) is 4.37. The van der Waals surface area contributed by atoms with Crippen LogP contribution < -0.4 is 5.73 Å². The van der Waals surface area contributed by atoms with Crippen molar-refractivity contribution in [3.8, 4) is 0 Å². The smallest absolute Gasteiger partial charge is 0.153 e. The zero-order valence-electron chi connectivity index (χ0n) is 9.80. The first-order valence-electron chi connectivity index (χ1n) is 6.17. The first kappa shape index (κ1) is 10.6. The molecule has 0 saturated carbocycles. The summed E-state index contributed by atoms with van der Waals surface area (Å²) in [6.45, 7) is 1.79. The Morgan fingerprint density at radius 1 is 1.41 bits per heavy atom. The van der Waals surface area contributed by atoms with Crippen LogP contribution in [0.5, 0.6) is 0 Å². The summed E-state index contributed by atoms with van der Waals surface area (Å²) in [5.41, 5.74) is 7.01. The van der Waals surface area contributed by atoms with Crippen molar-refractivity contribution in [3.05, 3.63) is 24.3 Å². The van der Waals surface area contributed by atoms with Crippen LogP contribution in [0.2, 0.25) is 0 Å². The normalized spacial score (nSPS) is 20.1. The van der Waals surface area contributed by atoms with Gasteiger partial charge >= 0.3 is 0 Å². The third kappa shape index (κ3) is 2.00. The lowest BCUT2D eigenvalue weighted by Gasteiger charge is -2.09. The topological polar surface area (TPSA) is 53.1 Å². The first-order valence-corrected chi connectivity index (χ1v) is 6.17. The Morgan fingerprint density at radius 2 is 2.29 bits per heavy atom. The molecule has 0 radical (unpaired) electrons. The molecule has 1 unspecified atom stereocenters. The van der Waals surface area contributed by atoms with Crippen molar-refractivity contribution in [1.29, 1.82) is 0 Å². The second-order valence-corrected chi connectivity index (χ2v) is 4.55. The zero-order valence-corrected chi connectivity index (χ0v) is 9.80. The molecule has 4 heteroatoms. The summed E-state index contributed by atoms with van der Waals surface area (Å²) in [6.07, 6.45) is 3.78. The van der Waals surface area contributed by atoms with Crippen molar-refractivity contribution in [1.82, 2.24) is 9.78 Å². The summed E-state index contributed by atoms with van der Waals surface area (Å²) in [5, 5.41) is 5.43. The lowest BCUT2D eigenvalue weighted by molar-refractivity contribution is 0.0998. The van der Waals surface area contributed by atoms with E-state index in [4.69, 9.17) is 10.5 Å². The number of anilines is 1. The molecule has 0 bridgehead atoms. The molecular weight excluding hydrogens is 214 g/mol.